The van der Waals surface area contributed by atoms with Gasteiger partial charge in [0.05, 0.1) is 0 Å². The number of nitrogens with zero attached hydrogens (tertiary/aromatic N) is 3. The standard InChI is InChI=1S/C12H17N5/c1-3-17(8-10-4-6-14-7-5-10)12-11(13)15-9(2)16-12/h4-7H,3,8,13H2,1-2H3,(H,15,16). The van der Waals surface area contributed by atoms with Gasteiger partial charge in [0.2, 0.25) is 0 Å². The predicted octanol–water partition coefficient (Wildman–Crippen LogP) is 1.72. The smallest absolute Gasteiger partial charge is 0.171 e. The van der Waals surface area contributed by atoms with Gasteiger partial charge in [-0.05, 0) is 31.5 Å². The quantitative estimate of drug-likeness (QED) is 0.840. The molecule has 5 nitrogen and oxygen atoms in total. The van der Waals surface area contributed by atoms with Gasteiger partial charge in [0.25, 0.3) is 0 Å². The van der Waals surface area contributed by atoms with Gasteiger partial charge < -0.3 is 15.6 Å². The molecule has 17 heavy (non-hydrogen) atoms. The lowest BCUT2D eigenvalue weighted by Gasteiger charge is -2.20. The van der Waals surface area contributed by atoms with Crippen molar-refractivity contribution in [3.63, 3.8) is 0 Å². The van der Waals surface area contributed by atoms with Crippen molar-refractivity contribution in [3.8, 4) is 0 Å². The van der Waals surface area contributed by atoms with Gasteiger partial charge in [-0.1, -0.05) is 0 Å². The summed E-state index contributed by atoms with van der Waals surface area (Å²) >= 11 is 0. The van der Waals surface area contributed by atoms with E-state index in [1.165, 1.54) is 5.56 Å². The molecule has 5 heteroatoms. The molecule has 0 radical (unpaired) electrons. The highest BCUT2D eigenvalue weighted by Crippen LogP contribution is 2.21. The summed E-state index contributed by atoms with van der Waals surface area (Å²) in [5, 5.41) is 0. The van der Waals surface area contributed by atoms with Gasteiger partial charge in [-0.15, -0.1) is 0 Å². The molecule has 0 saturated heterocycles. The molecule has 2 heterocycles. The number of rotatable bonds is 4. The SMILES string of the molecule is CCN(Cc1ccncc1)c1nc(C)[nH]c1N. The topological polar surface area (TPSA) is 70.8 Å². The van der Waals surface area contributed by atoms with Crippen molar-refractivity contribution < 1.29 is 0 Å². The molecule has 0 amide bonds. The number of nitrogens with two attached hydrogens (primary N) is 1. The zero-order chi connectivity index (χ0) is 12.3. The van der Waals surface area contributed by atoms with E-state index in [-0.39, 0.29) is 0 Å². The summed E-state index contributed by atoms with van der Waals surface area (Å²) < 4.78 is 0. The van der Waals surface area contributed by atoms with Crippen molar-refractivity contribution in [1.82, 2.24) is 15.0 Å². The zero-order valence-electron chi connectivity index (χ0n) is 10.1. The van der Waals surface area contributed by atoms with E-state index in [0.717, 1.165) is 24.7 Å². The van der Waals surface area contributed by atoms with E-state index >= 15 is 0 Å². The zero-order valence-corrected chi connectivity index (χ0v) is 10.1. The Morgan fingerprint density at radius 2 is 2.06 bits per heavy atom. The number of aromatic nitrogens is 3. The first-order chi connectivity index (χ1) is 8.20. The summed E-state index contributed by atoms with van der Waals surface area (Å²) in [5.41, 5.74) is 7.10. The summed E-state index contributed by atoms with van der Waals surface area (Å²) in [7, 11) is 0. The molecule has 2 rings (SSSR count). The van der Waals surface area contributed by atoms with Crippen LogP contribution in [0.25, 0.3) is 0 Å². The van der Waals surface area contributed by atoms with Crippen molar-refractivity contribution in [2.75, 3.05) is 17.2 Å². The fourth-order valence-corrected chi connectivity index (χ4v) is 1.78. The van der Waals surface area contributed by atoms with Crippen LogP contribution in [0.1, 0.15) is 18.3 Å². The number of aryl methyl sites for hydroxylation is 1. The Labute approximate surface area is 101 Å². The predicted molar refractivity (Wildman–Crippen MR) is 68.7 cm³/mol. The van der Waals surface area contributed by atoms with Gasteiger partial charge in [0.1, 0.15) is 11.6 Å². The van der Waals surface area contributed by atoms with Crippen LogP contribution in [0.5, 0.6) is 0 Å². The molecule has 0 fully saturated rings. The number of anilines is 2. The Bertz CT molecular complexity index is 477. The Morgan fingerprint density at radius 3 is 2.59 bits per heavy atom. The molecular formula is C12H17N5. The summed E-state index contributed by atoms with van der Waals surface area (Å²) in [6.07, 6.45) is 3.59. The molecule has 0 aliphatic carbocycles. The number of nitrogens with one attached hydrogen (secondary N) is 1. The molecule has 2 aromatic heterocycles. The maximum atomic E-state index is 5.90. The molecule has 3 N–H and O–H groups in total. The third-order valence-electron chi connectivity index (χ3n) is 2.63. The first-order valence-electron chi connectivity index (χ1n) is 5.66. The lowest BCUT2D eigenvalue weighted by Crippen LogP contribution is -2.23. The molecule has 2 aromatic rings. The monoisotopic (exact) mass is 231 g/mol. The number of hydrogen-bond acceptors (Lipinski definition) is 4. The molecule has 0 unspecified atom stereocenters. The van der Waals surface area contributed by atoms with Crippen LogP contribution in [-0.4, -0.2) is 21.5 Å². The fourth-order valence-electron chi connectivity index (χ4n) is 1.78. The van der Waals surface area contributed by atoms with Crippen molar-refractivity contribution >= 4 is 11.6 Å². The summed E-state index contributed by atoms with van der Waals surface area (Å²) in [6.45, 7) is 5.63. The second kappa shape index (κ2) is 4.86. The number of pyridine rings is 1. The van der Waals surface area contributed by atoms with Gasteiger partial charge in [0, 0.05) is 25.5 Å². The van der Waals surface area contributed by atoms with Gasteiger partial charge in [-0.25, -0.2) is 4.98 Å². The molecule has 0 aliphatic heterocycles. The Hall–Kier alpha value is -2.04. The molecule has 0 aliphatic rings. The first-order valence-corrected chi connectivity index (χ1v) is 5.66. The lowest BCUT2D eigenvalue weighted by atomic mass is 10.2. The van der Waals surface area contributed by atoms with Gasteiger partial charge in [0.15, 0.2) is 5.82 Å². The average molecular weight is 231 g/mol. The largest absolute Gasteiger partial charge is 0.382 e. The van der Waals surface area contributed by atoms with Crippen LogP contribution in [0, 0.1) is 6.92 Å². The van der Waals surface area contributed by atoms with Gasteiger partial charge >= 0.3 is 0 Å². The van der Waals surface area contributed by atoms with Crippen LogP contribution in [0.3, 0.4) is 0 Å². The number of nitrogen functional groups attached to an aromatic ring is 1. The third-order valence-corrected chi connectivity index (χ3v) is 2.63. The van der Waals surface area contributed by atoms with Crippen LogP contribution in [0.2, 0.25) is 0 Å². The van der Waals surface area contributed by atoms with E-state index in [1.807, 2.05) is 19.1 Å². The van der Waals surface area contributed by atoms with Crippen LogP contribution >= 0.6 is 0 Å². The number of aromatic amines is 1. The minimum atomic E-state index is 0.624. The van der Waals surface area contributed by atoms with Crippen LogP contribution < -0.4 is 10.6 Å². The Morgan fingerprint density at radius 1 is 1.35 bits per heavy atom. The highest BCUT2D eigenvalue weighted by molar-refractivity contribution is 5.59. The highest BCUT2D eigenvalue weighted by atomic mass is 15.2. The first kappa shape index (κ1) is 11.4. The molecule has 0 saturated carbocycles. The second-order valence-electron chi connectivity index (χ2n) is 3.93. The van der Waals surface area contributed by atoms with Gasteiger partial charge in [-0.3, -0.25) is 4.98 Å². The number of H-pyrrole nitrogens is 1. The minimum absolute atomic E-state index is 0.624. The van der Waals surface area contributed by atoms with E-state index in [4.69, 9.17) is 5.73 Å². The average Bonchev–Trinajstić information content (AvgIpc) is 2.67. The van der Waals surface area contributed by atoms with E-state index in [9.17, 15) is 0 Å². The van der Waals surface area contributed by atoms with E-state index in [0.29, 0.717) is 5.82 Å². The second-order valence-corrected chi connectivity index (χ2v) is 3.93. The van der Waals surface area contributed by atoms with Crippen LogP contribution in [-0.2, 0) is 6.54 Å². The van der Waals surface area contributed by atoms with Crippen molar-refractivity contribution in [2.45, 2.75) is 20.4 Å². The maximum Gasteiger partial charge on any atom is 0.171 e. The van der Waals surface area contributed by atoms with Crippen molar-refractivity contribution in [3.05, 3.63) is 35.9 Å². The van der Waals surface area contributed by atoms with Gasteiger partial charge in [-0.2, -0.15) is 0 Å². The number of imidazole rings is 1. The van der Waals surface area contributed by atoms with E-state index < -0.39 is 0 Å². The van der Waals surface area contributed by atoms with Crippen molar-refractivity contribution in [1.29, 1.82) is 0 Å². The fraction of sp³-hybridized carbons (Fsp3) is 0.333. The molecule has 0 spiro atoms. The molecule has 90 valence electrons. The summed E-state index contributed by atoms with van der Waals surface area (Å²) in [6, 6.07) is 4.00. The van der Waals surface area contributed by atoms with E-state index in [2.05, 4.69) is 26.8 Å². The Kier molecular flexibility index (Phi) is 3.27. The minimum Gasteiger partial charge on any atom is -0.382 e. The maximum absolute atomic E-state index is 5.90. The highest BCUT2D eigenvalue weighted by Gasteiger charge is 2.12. The van der Waals surface area contributed by atoms with Crippen LogP contribution in [0.4, 0.5) is 11.6 Å². The molecular weight excluding hydrogens is 214 g/mol. The molecule has 0 atom stereocenters. The molecule has 0 bridgehead atoms. The third kappa shape index (κ3) is 2.55. The molecule has 0 aromatic carbocycles. The normalized spacial score (nSPS) is 10.5. The van der Waals surface area contributed by atoms with Crippen molar-refractivity contribution in [2.24, 2.45) is 0 Å². The summed E-state index contributed by atoms with van der Waals surface area (Å²) in [4.78, 5) is 13.6. The lowest BCUT2D eigenvalue weighted by molar-refractivity contribution is 0.816. The summed E-state index contributed by atoms with van der Waals surface area (Å²) in [5.74, 6) is 2.28. The van der Waals surface area contributed by atoms with E-state index in [1.54, 1.807) is 12.4 Å². The van der Waals surface area contributed by atoms with Crippen LogP contribution in [0.15, 0.2) is 24.5 Å². The number of hydrogen-bond donors (Lipinski definition) is 2. The Balaban J connectivity index is 2.20.